The highest BCUT2D eigenvalue weighted by molar-refractivity contribution is 5.87. The van der Waals surface area contributed by atoms with E-state index in [2.05, 4.69) is 0 Å². The Hall–Kier alpha value is -1.92. The first-order valence-electron chi connectivity index (χ1n) is 6.50. The second-order valence-electron chi connectivity index (χ2n) is 5.03. The SMILES string of the molecule is NC(Cc1ccccc1)C(=O)N1CC(O)C[C@H]1C(=O)O. The molecule has 3 atom stereocenters. The Kier molecular flexibility index (Phi) is 4.36. The van der Waals surface area contributed by atoms with E-state index < -0.39 is 30.1 Å². The van der Waals surface area contributed by atoms with E-state index in [1.807, 2.05) is 30.3 Å². The quantitative estimate of drug-likeness (QED) is 0.695. The Balaban J connectivity index is 2.04. The van der Waals surface area contributed by atoms with E-state index in [-0.39, 0.29) is 13.0 Å². The highest BCUT2D eigenvalue weighted by atomic mass is 16.4. The summed E-state index contributed by atoms with van der Waals surface area (Å²) in [5.41, 5.74) is 6.79. The van der Waals surface area contributed by atoms with Crippen LogP contribution in [-0.2, 0) is 16.0 Å². The average Bonchev–Trinajstić information content (AvgIpc) is 2.81. The summed E-state index contributed by atoms with van der Waals surface area (Å²) in [6.07, 6.45) is -0.401. The summed E-state index contributed by atoms with van der Waals surface area (Å²) in [5.74, 6) is -1.54. The summed E-state index contributed by atoms with van der Waals surface area (Å²) in [4.78, 5) is 24.5. The Morgan fingerprint density at radius 2 is 2.00 bits per heavy atom. The predicted molar refractivity (Wildman–Crippen MR) is 71.9 cm³/mol. The van der Waals surface area contributed by atoms with Crippen LogP contribution in [0.3, 0.4) is 0 Å². The van der Waals surface area contributed by atoms with Gasteiger partial charge in [-0.1, -0.05) is 30.3 Å². The smallest absolute Gasteiger partial charge is 0.326 e. The van der Waals surface area contributed by atoms with E-state index in [4.69, 9.17) is 10.8 Å². The molecule has 1 fully saturated rings. The van der Waals surface area contributed by atoms with Gasteiger partial charge in [-0.15, -0.1) is 0 Å². The standard InChI is InChI=1S/C14H18N2O4/c15-11(6-9-4-2-1-3-5-9)13(18)16-8-10(17)7-12(16)14(19)20/h1-5,10-12,17H,6-8,15H2,(H,19,20)/t10?,11?,12-/m0/s1. The molecule has 1 aliphatic heterocycles. The van der Waals surface area contributed by atoms with E-state index >= 15 is 0 Å². The van der Waals surface area contributed by atoms with Crippen LogP contribution < -0.4 is 5.73 Å². The summed E-state index contributed by atoms with van der Waals surface area (Å²) >= 11 is 0. The summed E-state index contributed by atoms with van der Waals surface area (Å²) in [7, 11) is 0. The highest BCUT2D eigenvalue weighted by Gasteiger charge is 2.40. The van der Waals surface area contributed by atoms with Gasteiger partial charge in [-0.05, 0) is 12.0 Å². The van der Waals surface area contributed by atoms with Crippen molar-refractivity contribution in [2.45, 2.75) is 31.0 Å². The van der Waals surface area contributed by atoms with Crippen LogP contribution in [0.5, 0.6) is 0 Å². The monoisotopic (exact) mass is 278 g/mol. The molecule has 1 aliphatic rings. The van der Waals surface area contributed by atoms with Crippen molar-refractivity contribution in [3.8, 4) is 0 Å². The maximum Gasteiger partial charge on any atom is 0.326 e. The molecule has 1 heterocycles. The second kappa shape index (κ2) is 6.02. The van der Waals surface area contributed by atoms with Crippen LogP contribution >= 0.6 is 0 Å². The second-order valence-corrected chi connectivity index (χ2v) is 5.03. The molecule has 0 spiro atoms. The Bertz CT molecular complexity index is 491. The molecule has 20 heavy (non-hydrogen) atoms. The number of carbonyl (C=O) groups is 2. The number of carboxylic acids is 1. The molecule has 0 aliphatic carbocycles. The molecule has 1 aromatic carbocycles. The minimum Gasteiger partial charge on any atom is -0.480 e. The molecule has 4 N–H and O–H groups in total. The highest BCUT2D eigenvalue weighted by Crippen LogP contribution is 2.19. The van der Waals surface area contributed by atoms with Crippen LogP contribution in [0, 0.1) is 0 Å². The van der Waals surface area contributed by atoms with Crippen molar-refractivity contribution in [1.29, 1.82) is 0 Å². The summed E-state index contributed by atoms with van der Waals surface area (Å²) < 4.78 is 0. The van der Waals surface area contributed by atoms with Crippen LogP contribution in [-0.4, -0.2) is 51.7 Å². The third-order valence-electron chi connectivity index (χ3n) is 3.46. The normalized spacial score (nSPS) is 23.6. The van der Waals surface area contributed by atoms with Crippen LogP contribution in [0.4, 0.5) is 0 Å². The Morgan fingerprint density at radius 1 is 1.35 bits per heavy atom. The fraction of sp³-hybridized carbons (Fsp3) is 0.429. The van der Waals surface area contributed by atoms with Gasteiger partial charge < -0.3 is 20.8 Å². The summed E-state index contributed by atoms with van der Waals surface area (Å²) in [5, 5.41) is 18.6. The molecule has 6 heteroatoms. The number of rotatable bonds is 4. The topological polar surface area (TPSA) is 104 Å². The molecule has 2 rings (SSSR count). The molecule has 0 aromatic heterocycles. The van der Waals surface area contributed by atoms with Gasteiger partial charge in [0, 0.05) is 13.0 Å². The molecule has 1 saturated heterocycles. The number of β-amino-alcohol motifs (C(OH)–C–C–N with tert-alkyl or cyclic N) is 1. The number of nitrogens with two attached hydrogens (primary N) is 1. The number of aliphatic hydroxyl groups is 1. The van der Waals surface area contributed by atoms with E-state index in [0.717, 1.165) is 5.56 Å². The maximum atomic E-state index is 12.2. The number of likely N-dealkylation sites (tertiary alicyclic amines) is 1. The third kappa shape index (κ3) is 3.15. The fourth-order valence-corrected chi connectivity index (χ4v) is 2.46. The number of carboxylic acid groups (broad SMARTS) is 1. The number of hydrogen-bond acceptors (Lipinski definition) is 4. The molecule has 1 aromatic rings. The van der Waals surface area contributed by atoms with Gasteiger partial charge in [-0.2, -0.15) is 0 Å². The summed E-state index contributed by atoms with van der Waals surface area (Å²) in [6.45, 7) is 0.0261. The zero-order chi connectivity index (χ0) is 14.7. The van der Waals surface area contributed by atoms with Crippen molar-refractivity contribution in [2.75, 3.05) is 6.54 Å². The van der Waals surface area contributed by atoms with Gasteiger partial charge in [-0.3, -0.25) is 4.79 Å². The van der Waals surface area contributed by atoms with Gasteiger partial charge in [0.25, 0.3) is 0 Å². The molecule has 108 valence electrons. The van der Waals surface area contributed by atoms with Crippen molar-refractivity contribution >= 4 is 11.9 Å². The Morgan fingerprint density at radius 3 is 2.60 bits per heavy atom. The number of hydrogen-bond donors (Lipinski definition) is 3. The number of nitrogens with zero attached hydrogens (tertiary/aromatic N) is 1. The first kappa shape index (κ1) is 14.5. The largest absolute Gasteiger partial charge is 0.480 e. The predicted octanol–water partition coefficient (Wildman–Crippen LogP) is -0.397. The Labute approximate surface area is 116 Å². The number of carbonyl (C=O) groups excluding carboxylic acids is 1. The lowest BCUT2D eigenvalue weighted by Gasteiger charge is -2.24. The lowest BCUT2D eigenvalue weighted by Crippen LogP contribution is -2.49. The van der Waals surface area contributed by atoms with Gasteiger partial charge in [-0.25, -0.2) is 4.79 Å². The van der Waals surface area contributed by atoms with E-state index in [0.29, 0.717) is 6.42 Å². The summed E-state index contributed by atoms with van der Waals surface area (Å²) in [6, 6.07) is 7.51. The minimum atomic E-state index is -1.11. The minimum absolute atomic E-state index is 0.0261. The number of benzene rings is 1. The van der Waals surface area contributed by atoms with Crippen molar-refractivity contribution in [2.24, 2.45) is 5.73 Å². The maximum absolute atomic E-state index is 12.2. The van der Waals surface area contributed by atoms with Crippen molar-refractivity contribution < 1.29 is 19.8 Å². The number of aliphatic hydroxyl groups excluding tert-OH is 1. The molecule has 0 saturated carbocycles. The van der Waals surface area contributed by atoms with Gasteiger partial charge in [0.1, 0.15) is 6.04 Å². The zero-order valence-corrected chi connectivity index (χ0v) is 11.0. The van der Waals surface area contributed by atoms with Crippen LogP contribution in [0.15, 0.2) is 30.3 Å². The van der Waals surface area contributed by atoms with E-state index in [1.54, 1.807) is 0 Å². The lowest BCUT2D eigenvalue weighted by molar-refractivity contribution is -0.148. The first-order valence-corrected chi connectivity index (χ1v) is 6.50. The average molecular weight is 278 g/mol. The molecule has 0 bridgehead atoms. The lowest BCUT2D eigenvalue weighted by atomic mass is 10.1. The molecule has 2 unspecified atom stereocenters. The molecule has 6 nitrogen and oxygen atoms in total. The number of amides is 1. The third-order valence-corrected chi connectivity index (χ3v) is 3.46. The van der Waals surface area contributed by atoms with E-state index in [9.17, 15) is 14.7 Å². The van der Waals surface area contributed by atoms with Crippen molar-refractivity contribution in [3.05, 3.63) is 35.9 Å². The van der Waals surface area contributed by atoms with Gasteiger partial charge in [0.05, 0.1) is 12.1 Å². The van der Waals surface area contributed by atoms with Crippen LogP contribution in [0.2, 0.25) is 0 Å². The number of aliphatic carboxylic acids is 1. The van der Waals surface area contributed by atoms with Gasteiger partial charge in [0.15, 0.2) is 0 Å². The first-order chi connectivity index (χ1) is 9.49. The van der Waals surface area contributed by atoms with Gasteiger partial charge in [0.2, 0.25) is 5.91 Å². The molecular weight excluding hydrogens is 260 g/mol. The molecular formula is C14H18N2O4. The van der Waals surface area contributed by atoms with Crippen molar-refractivity contribution in [1.82, 2.24) is 4.90 Å². The van der Waals surface area contributed by atoms with E-state index in [1.165, 1.54) is 4.90 Å². The fourth-order valence-electron chi connectivity index (χ4n) is 2.46. The molecule has 0 radical (unpaired) electrons. The zero-order valence-electron chi connectivity index (χ0n) is 11.0. The van der Waals surface area contributed by atoms with Crippen LogP contribution in [0.1, 0.15) is 12.0 Å². The van der Waals surface area contributed by atoms with Gasteiger partial charge >= 0.3 is 5.97 Å². The van der Waals surface area contributed by atoms with Crippen molar-refractivity contribution in [3.63, 3.8) is 0 Å². The molecule has 1 amide bonds. The van der Waals surface area contributed by atoms with Crippen LogP contribution in [0.25, 0.3) is 0 Å².